The summed E-state index contributed by atoms with van der Waals surface area (Å²) in [7, 11) is 0. The van der Waals surface area contributed by atoms with E-state index in [0.717, 1.165) is 24.1 Å². The zero-order chi connectivity index (χ0) is 13.5. The second kappa shape index (κ2) is 6.69. The van der Waals surface area contributed by atoms with Crippen LogP contribution in [0.4, 0.5) is 14.5 Å². The van der Waals surface area contributed by atoms with Gasteiger partial charge in [-0.15, -0.1) is 6.58 Å². The number of halogens is 2. The van der Waals surface area contributed by atoms with Crippen LogP contribution in [0.25, 0.3) is 0 Å². The third-order valence-corrected chi connectivity index (χ3v) is 2.46. The molecule has 1 unspecified atom stereocenters. The highest BCUT2D eigenvalue weighted by Gasteiger charge is 2.03. The topological polar surface area (TPSA) is 24.4 Å². The van der Waals surface area contributed by atoms with Gasteiger partial charge in [0.15, 0.2) is 11.6 Å². The summed E-state index contributed by atoms with van der Waals surface area (Å²) in [4.78, 5) is 0. The van der Waals surface area contributed by atoms with Crippen molar-refractivity contribution in [2.24, 2.45) is 11.0 Å². The molecule has 0 fully saturated rings. The van der Waals surface area contributed by atoms with E-state index in [9.17, 15) is 8.78 Å². The molecule has 0 heterocycles. The summed E-state index contributed by atoms with van der Waals surface area (Å²) in [5.74, 6) is -1.70. The number of hydrazone groups is 1. The highest BCUT2D eigenvalue weighted by atomic mass is 19.2. The van der Waals surface area contributed by atoms with Crippen molar-refractivity contribution in [3.05, 3.63) is 54.6 Å². The monoisotopic (exact) mass is 250 g/mol. The smallest absolute Gasteiger partial charge is 0.160 e. The van der Waals surface area contributed by atoms with Gasteiger partial charge in [-0.05, 0) is 18.6 Å². The standard InChI is InChI=1S/C14H16F2N2/c1-4-5-10(2)11(3)9-17-18-12-6-7-13(15)14(16)8-12/h4,6-9,11,18H,1-2,5H2,3H3/b17-9+. The van der Waals surface area contributed by atoms with Gasteiger partial charge < -0.3 is 0 Å². The molecule has 0 spiro atoms. The molecule has 1 atom stereocenters. The zero-order valence-corrected chi connectivity index (χ0v) is 10.3. The number of anilines is 1. The lowest BCUT2D eigenvalue weighted by atomic mass is 10.0. The van der Waals surface area contributed by atoms with E-state index in [-0.39, 0.29) is 5.92 Å². The van der Waals surface area contributed by atoms with Crippen molar-refractivity contribution in [3.8, 4) is 0 Å². The van der Waals surface area contributed by atoms with E-state index in [4.69, 9.17) is 0 Å². The summed E-state index contributed by atoms with van der Waals surface area (Å²) in [5.41, 5.74) is 4.02. The van der Waals surface area contributed by atoms with Gasteiger partial charge in [0.05, 0.1) is 5.69 Å². The van der Waals surface area contributed by atoms with E-state index in [1.807, 2.05) is 6.92 Å². The van der Waals surface area contributed by atoms with E-state index in [1.54, 1.807) is 12.3 Å². The van der Waals surface area contributed by atoms with Crippen LogP contribution in [0.2, 0.25) is 0 Å². The van der Waals surface area contributed by atoms with Crippen LogP contribution >= 0.6 is 0 Å². The Hall–Kier alpha value is -1.97. The van der Waals surface area contributed by atoms with Crippen LogP contribution in [-0.4, -0.2) is 6.21 Å². The predicted octanol–water partition coefficient (Wildman–Crippen LogP) is 4.13. The van der Waals surface area contributed by atoms with Gasteiger partial charge in [-0.2, -0.15) is 5.10 Å². The molecular formula is C14H16F2N2. The Bertz CT molecular complexity index is 467. The van der Waals surface area contributed by atoms with Crippen molar-refractivity contribution >= 4 is 11.9 Å². The van der Waals surface area contributed by atoms with Crippen LogP contribution < -0.4 is 5.43 Å². The average Bonchev–Trinajstić information content (AvgIpc) is 2.34. The van der Waals surface area contributed by atoms with Crippen LogP contribution in [0.3, 0.4) is 0 Å². The number of rotatable bonds is 6. The minimum absolute atomic E-state index is 0.0841. The van der Waals surface area contributed by atoms with Gasteiger partial charge in [0.2, 0.25) is 0 Å². The Morgan fingerprint density at radius 2 is 2.17 bits per heavy atom. The SMILES string of the molecule is C=CCC(=C)C(C)/C=N/Nc1ccc(F)c(F)c1. The largest absolute Gasteiger partial charge is 0.279 e. The Morgan fingerprint density at radius 1 is 1.44 bits per heavy atom. The quantitative estimate of drug-likeness (QED) is 0.458. The maximum atomic E-state index is 12.9. The Kier molecular flexibility index (Phi) is 5.24. The number of benzene rings is 1. The summed E-state index contributed by atoms with van der Waals surface area (Å²) < 4.78 is 25.6. The van der Waals surface area contributed by atoms with Crippen molar-refractivity contribution < 1.29 is 8.78 Å². The Balaban J connectivity index is 2.56. The number of nitrogens with zero attached hydrogens (tertiary/aromatic N) is 1. The molecule has 1 aromatic rings. The molecule has 2 nitrogen and oxygen atoms in total. The minimum Gasteiger partial charge on any atom is -0.279 e. The van der Waals surface area contributed by atoms with E-state index in [1.165, 1.54) is 6.07 Å². The first kappa shape index (κ1) is 14.1. The van der Waals surface area contributed by atoms with E-state index in [0.29, 0.717) is 5.69 Å². The first-order valence-electron chi connectivity index (χ1n) is 5.57. The second-order valence-corrected chi connectivity index (χ2v) is 3.96. The molecule has 0 aliphatic heterocycles. The molecule has 0 aliphatic rings. The van der Waals surface area contributed by atoms with Gasteiger partial charge in [-0.1, -0.05) is 25.2 Å². The predicted molar refractivity (Wildman–Crippen MR) is 71.6 cm³/mol. The van der Waals surface area contributed by atoms with Crippen LogP contribution in [0, 0.1) is 17.6 Å². The summed E-state index contributed by atoms with van der Waals surface area (Å²) in [6.07, 6.45) is 4.15. The molecule has 0 aromatic heterocycles. The van der Waals surface area contributed by atoms with Crippen molar-refractivity contribution in [3.63, 3.8) is 0 Å². The van der Waals surface area contributed by atoms with E-state index >= 15 is 0 Å². The third kappa shape index (κ3) is 4.13. The summed E-state index contributed by atoms with van der Waals surface area (Å²) in [5, 5.41) is 3.96. The van der Waals surface area contributed by atoms with Crippen molar-refractivity contribution in [2.75, 3.05) is 5.43 Å². The molecule has 4 heteroatoms. The fourth-order valence-electron chi connectivity index (χ4n) is 1.27. The summed E-state index contributed by atoms with van der Waals surface area (Å²) in [6.45, 7) is 9.47. The van der Waals surface area contributed by atoms with Gasteiger partial charge in [0.25, 0.3) is 0 Å². The molecule has 0 amide bonds. The Morgan fingerprint density at radius 3 is 2.78 bits per heavy atom. The normalized spacial score (nSPS) is 12.4. The number of allylic oxidation sites excluding steroid dienone is 2. The lowest BCUT2D eigenvalue weighted by Gasteiger charge is -2.07. The summed E-state index contributed by atoms with van der Waals surface area (Å²) >= 11 is 0. The molecule has 1 rings (SSSR count). The fraction of sp³-hybridized carbons (Fsp3) is 0.214. The lowest BCUT2D eigenvalue weighted by Crippen LogP contribution is -2.01. The van der Waals surface area contributed by atoms with Crippen LogP contribution in [-0.2, 0) is 0 Å². The number of nitrogens with one attached hydrogen (secondary N) is 1. The molecular weight excluding hydrogens is 234 g/mol. The van der Waals surface area contributed by atoms with Crippen molar-refractivity contribution in [1.82, 2.24) is 0 Å². The average molecular weight is 250 g/mol. The number of hydrogen-bond acceptors (Lipinski definition) is 2. The first-order valence-corrected chi connectivity index (χ1v) is 5.57. The molecule has 0 saturated carbocycles. The highest BCUT2D eigenvalue weighted by Crippen LogP contribution is 2.14. The Labute approximate surface area is 106 Å². The van der Waals surface area contributed by atoms with Gasteiger partial charge >= 0.3 is 0 Å². The van der Waals surface area contributed by atoms with Crippen LogP contribution in [0.5, 0.6) is 0 Å². The summed E-state index contributed by atoms with van der Waals surface area (Å²) in [6, 6.07) is 3.52. The van der Waals surface area contributed by atoms with Gasteiger partial charge in [-0.25, -0.2) is 8.78 Å². The van der Waals surface area contributed by atoms with Gasteiger partial charge in [-0.3, -0.25) is 5.43 Å². The van der Waals surface area contributed by atoms with Crippen LogP contribution in [0.1, 0.15) is 13.3 Å². The first-order chi connectivity index (χ1) is 8.54. The highest BCUT2D eigenvalue weighted by molar-refractivity contribution is 5.65. The van der Waals surface area contributed by atoms with E-state index in [2.05, 4.69) is 23.7 Å². The molecule has 0 bridgehead atoms. The maximum absolute atomic E-state index is 12.9. The van der Waals surface area contributed by atoms with Gasteiger partial charge in [0, 0.05) is 18.2 Å². The number of hydrogen-bond donors (Lipinski definition) is 1. The molecule has 0 aliphatic carbocycles. The molecule has 96 valence electrons. The zero-order valence-electron chi connectivity index (χ0n) is 10.3. The fourth-order valence-corrected chi connectivity index (χ4v) is 1.27. The molecule has 0 radical (unpaired) electrons. The third-order valence-electron chi connectivity index (χ3n) is 2.46. The molecule has 1 N–H and O–H groups in total. The molecule has 18 heavy (non-hydrogen) atoms. The second-order valence-electron chi connectivity index (χ2n) is 3.96. The lowest BCUT2D eigenvalue weighted by molar-refractivity contribution is 0.509. The van der Waals surface area contributed by atoms with Crippen molar-refractivity contribution in [1.29, 1.82) is 0 Å². The van der Waals surface area contributed by atoms with Crippen LogP contribution in [0.15, 0.2) is 48.1 Å². The maximum Gasteiger partial charge on any atom is 0.160 e. The van der Waals surface area contributed by atoms with E-state index < -0.39 is 11.6 Å². The molecule has 0 saturated heterocycles. The van der Waals surface area contributed by atoms with Gasteiger partial charge in [0.1, 0.15) is 0 Å². The van der Waals surface area contributed by atoms with Crippen molar-refractivity contribution in [2.45, 2.75) is 13.3 Å². The molecule has 1 aromatic carbocycles. The minimum atomic E-state index is -0.903.